The van der Waals surface area contributed by atoms with Gasteiger partial charge in [0.15, 0.2) is 0 Å². The molecule has 0 aliphatic heterocycles. The van der Waals surface area contributed by atoms with Crippen LogP contribution in [0.25, 0.3) is 0 Å². The van der Waals surface area contributed by atoms with E-state index in [1.807, 2.05) is 6.92 Å². The average molecular weight is 344 g/mol. The van der Waals surface area contributed by atoms with Crippen molar-refractivity contribution in [2.75, 3.05) is 6.54 Å². The van der Waals surface area contributed by atoms with E-state index < -0.39 is 10.0 Å². The number of aryl methyl sites for hydroxylation is 1. The molecule has 1 aromatic carbocycles. The van der Waals surface area contributed by atoms with Gasteiger partial charge in [0.25, 0.3) is 0 Å². The van der Waals surface area contributed by atoms with E-state index in [1.54, 1.807) is 30.7 Å². The van der Waals surface area contributed by atoms with E-state index in [4.69, 9.17) is 0 Å². The van der Waals surface area contributed by atoms with Crippen molar-refractivity contribution in [3.8, 4) is 0 Å². The lowest BCUT2D eigenvalue weighted by atomic mass is 10.2. The number of nitrogens with zero attached hydrogens (tertiary/aromatic N) is 1. The summed E-state index contributed by atoms with van der Waals surface area (Å²) >= 11 is 3.35. The van der Waals surface area contributed by atoms with Gasteiger partial charge in [0, 0.05) is 29.3 Å². The third-order valence-corrected chi connectivity index (χ3v) is 5.03. The molecule has 0 spiro atoms. The van der Waals surface area contributed by atoms with Crippen LogP contribution < -0.4 is 4.72 Å². The van der Waals surface area contributed by atoms with Crippen LogP contribution in [0.15, 0.2) is 40.1 Å². The van der Waals surface area contributed by atoms with Crippen LogP contribution in [0.5, 0.6) is 0 Å². The third kappa shape index (κ3) is 3.65. The number of halogens is 1. The molecule has 0 radical (unpaired) electrons. The summed E-state index contributed by atoms with van der Waals surface area (Å²) in [6.45, 7) is 2.19. The van der Waals surface area contributed by atoms with Crippen molar-refractivity contribution in [1.82, 2.24) is 14.7 Å². The molecule has 5 nitrogen and oxygen atoms in total. The fraction of sp³-hybridized carbons (Fsp3) is 0.250. The smallest absolute Gasteiger partial charge is 0.240 e. The van der Waals surface area contributed by atoms with Crippen molar-refractivity contribution in [2.24, 2.45) is 0 Å². The highest BCUT2D eigenvalue weighted by Gasteiger charge is 2.14. The minimum atomic E-state index is -3.46. The zero-order chi connectivity index (χ0) is 13.9. The van der Waals surface area contributed by atoms with Crippen LogP contribution in [0, 0.1) is 6.92 Å². The van der Waals surface area contributed by atoms with Crippen LogP contribution in [-0.2, 0) is 16.4 Å². The van der Waals surface area contributed by atoms with Gasteiger partial charge in [-0.05, 0) is 30.7 Å². The Balaban J connectivity index is 2.03. The summed E-state index contributed by atoms with van der Waals surface area (Å²) in [5, 5.41) is 0. The number of nitrogens with one attached hydrogen (secondary N) is 2. The van der Waals surface area contributed by atoms with Crippen molar-refractivity contribution >= 4 is 26.0 Å². The van der Waals surface area contributed by atoms with E-state index in [9.17, 15) is 8.42 Å². The minimum absolute atomic E-state index is 0.276. The monoisotopic (exact) mass is 343 g/mol. The van der Waals surface area contributed by atoms with E-state index in [0.29, 0.717) is 13.0 Å². The van der Waals surface area contributed by atoms with Crippen LogP contribution >= 0.6 is 15.9 Å². The first-order valence-corrected chi connectivity index (χ1v) is 8.00. The van der Waals surface area contributed by atoms with Crippen molar-refractivity contribution < 1.29 is 8.42 Å². The Morgan fingerprint density at radius 1 is 1.42 bits per heavy atom. The average Bonchev–Trinajstić information content (AvgIpc) is 2.85. The number of imidazole rings is 1. The van der Waals surface area contributed by atoms with Gasteiger partial charge in [-0.25, -0.2) is 18.1 Å². The molecule has 102 valence electrons. The molecule has 0 aliphatic carbocycles. The lowest BCUT2D eigenvalue weighted by Crippen LogP contribution is -2.26. The Kier molecular flexibility index (Phi) is 4.38. The van der Waals surface area contributed by atoms with Crippen LogP contribution in [0.1, 0.15) is 11.3 Å². The topological polar surface area (TPSA) is 74.8 Å². The summed E-state index contributed by atoms with van der Waals surface area (Å²) < 4.78 is 27.6. The normalized spacial score (nSPS) is 11.7. The molecule has 0 atom stereocenters. The highest BCUT2D eigenvalue weighted by Crippen LogP contribution is 2.19. The van der Waals surface area contributed by atoms with Gasteiger partial charge in [-0.2, -0.15) is 0 Å². The van der Waals surface area contributed by atoms with Crippen LogP contribution in [0.4, 0.5) is 0 Å². The Labute approximate surface area is 120 Å². The van der Waals surface area contributed by atoms with Crippen molar-refractivity contribution in [1.29, 1.82) is 0 Å². The standard InChI is InChI=1S/C12H14BrN3O2S/c1-9-6-11(2-3-12(9)13)19(17,18)16-5-4-10-7-14-8-15-10/h2-3,6-8,16H,4-5H2,1H3,(H,14,15). The molecule has 0 amide bonds. The Morgan fingerprint density at radius 2 is 2.21 bits per heavy atom. The van der Waals surface area contributed by atoms with Crippen molar-refractivity contribution in [2.45, 2.75) is 18.2 Å². The second-order valence-corrected chi connectivity index (χ2v) is 6.76. The van der Waals surface area contributed by atoms with Gasteiger partial charge in [-0.1, -0.05) is 15.9 Å². The van der Waals surface area contributed by atoms with E-state index in [1.165, 1.54) is 0 Å². The van der Waals surface area contributed by atoms with Gasteiger partial charge in [0.2, 0.25) is 10.0 Å². The lowest BCUT2D eigenvalue weighted by molar-refractivity contribution is 0.581. The number of hydrogen-bond acceptors (Lipinski definition) is 3. The highest BCUT2D eigenvalue weighted by molar-refractivity contribution is 9.10. The highest BCUT2D eigenvalue weighted by atomic mass is 79.9. The molecule has 2 N–H and O–H groups in total. The van der Waals surface area contributed by atoms with Gasteiger partial charge < -0.3 is 4.98 Å². The summed E-state index contributed by atoms with van der Waals surface area (Å²) in [5.41, 5.74) is 1.78. The second-order valence-electron chi connectivity index (χ2n) is 4.14. The molecule has 0 unspecified atom stereocenters. The molecule has 0 saturated carbocycles. The molecule has 19 heavy (non-hydrogen) atoms. The first-order valence-electron chi connectivity index (χ1n) is 5.72. The van der Waals surface area contributed by atoms with Crippen molar-refractivity contribution in [3.05, 3.63) is 46.5 Å². The van der Waals surface area contributed by atoms with E-state index in [-0.39, 0.29) is 4.90 Å². The molecule has 0 bridgehead atoms. The van der Waals surface area contributed by atoms with Gasteiger partial charge in [0.1, 0.15) is 0 Å². The summed E-state index contributed by atoms with van der Waals surface area (Å²) in [7, 11) is -3.46. The maximum Gasteiger partial charge on any atom is 0.240 e. The predicted molar refractivity (Wildman–Crippen MR) is 76.4 cm³/mol. The summed E-state index contributed by atoms with van der Waals surface area (Å²) in [4.78, 5) is 7.08. The minimum Gasteiger partial charge on any atom is -0.348 e. The third-order valence-electron chi connectivity index (χ3n) is 2.68. The van der Waals surface area contributed by atoms with Gasteiger partial charge in [0.05, 0.1) is 11.2 Å². The molecular formula is C12H14BrN3O2S. The van der Waals surface area contributed by atoms with E-state index in [2.05, 4.69) is 30.6 Å². The Morgan fingerprint density at radius 3 is 2.84 bits per heavy atom. The van der Waals surface area contributed by atoms with Crippen LogP contribution in [0.2, 0.25) is 0 Å². The maximum absolute atomic E-state index is 12.1. The molecule has 2 rings (SSSR count). The Hall–Kier alpha value is -1.18. The molecular weight excluding hydrogens is 330 g/mol. The number of benzene rings is 1. The summed E-state index contributed by atoms with van der Waals surface area (Å²) in [5.74, 6) is 0. The van der Waals surface area contributed by atoms with Crippen molar-refractivity contribution in [3.63, 3.8) is 0 Å². The fourth-order valence-electron chi connectivity index (χ4n) is 1.61. The first kappa shape index (κ1) is 14.2. The molecule has 2 aromatic rings. The zero-order valence-electron chi connectivity index (χ0n) is 10.4. The number of hydrogen-bond donors (Lipinski definition) is 2. The summed E-state index contributed by atoms with van der Waals surface area (Å²) in [6.07, 6.45) is 3.83. The Bertz CT molecular complexity index is 654. The lowest BCUT2D eigenvalue weighted by Gasteiger charge is -2.07. The molecule has 1 heterocycles. The van der Waals surface area contributed by atoms with E-state index in [0.717, 1.165) is 15.7 Å². The van der Waals surface area contributed by atoms with E-state index >= 15 is 0 Å². The molecule has 0 saturated heterocycles. The molecule has 0 aliphatic rings. The molecule has 1 aromatic heterocycles. The number of aromatic amines is 1. The van der Waals surface area contributed by atoms with Gasteiger partial charge in [-0.3, -0.25) is 0 Å². The maximum atomic E-state index is 12.1. The van der Waals surface area contributed by atoms with Gasteiger partial charge in [-0.15, -0.1) is 0 Å². The number of H-pyrrole nitrogens is 1. The fourth-order valence-corrected chi connectivity index (χ4v) is 2.97. The second kappa shape index (κ2) is 5.85. The molecule has 0 fully saturated rings. The quantitative estimate of drug-likeness (QED) is 0.871. The van der Waals surface area contributed by atoms with Gasteiger partial charge >= 0.3 is 0 Å². The molecule has 7 heteroatoms. The number of rotatable bonds is 5. The summed E-state index contributed by atoms with van der Waals surface area (Å²) in [6, 6.07) is 4.96. The zero-order valence-corrected chi connectivity index (χ0v) is 12.8. The predicted octanol–water partition coefficient (Wildman–Crippen LogP) is 2.00. The first-order chi connectivity index (χ1) is 8.99. The number of aromatic nitrogens is 2. The SMILES string of the molecule is Cc1cc(S(=O)(=O)NCCc2cnc[nH]2)ccc1Br. The largest absolute Gasteiger partial charge is 0.348 e. The number of sulfonamides is 1. The van der Waals surface area contributed by atoms with Crippen LogP contribution in [-0.4, -0.2) is 24.9 Å². The van der Waals surface area contributed by atoms with Crippen LogP contribution in [0.3, 0.4) is 0 Å².